The molecular formula is C31H24F2N8O2S. The Labute approximate surface area is 253 Å². The van der Waals surface area contributed by atoms with Gasteiger partial charge in [-0.25, -0.2) is 28.8 Å². The molecule has 10 nitrogen and oxygen atoms in total. The molecule has 6 heterocycles. The number of halogens is 2. The van der Waals surface area contributed by atoms with Crippen LogP contribution in [0.4, 0.5) is 8.78 Å². The van der Waals surface area contributed by atoms with Crippen LogP contribution in [0.15, 0.2) is 78.1 Å². The number of amides is 1. The quantitative estimate of drug-likeness (QED) is 0.178. The molecule has 44 heavy (non-hydrogen) atoms. The molecule has 0 radical (unpaired) electrons. The molecule has 5 aromatic heterocycles. The van der Waals surface area contributed by atoms with E-state index in [9.17, 15) is 18.4 Å². The van der Waals surface area contributed by atoms with E-state index >= 15 is 0 Å². The van der Waals surface area contributed by atoms with Crippen LogP contribution in [-0.4, -0.2) is 63.8 Å². The highest BCUT2D eigenvalue weighted by atomic mass is 32.1. The van der Waals surface area contributed by atoms with Gasteiger partial charge in [-0.15, -0.1) is 11.3 Å². The number of carbonyl (C=O) groups excluding carboxylic acids is 2. The number of aromatic nitrogens is 7. The number of Topliss-reactive ketones (excluding diaryl/α,β-unsaturated/α-hetero) is 1. The maximum absolute atomic E-state index is 13.8. The molecule has 0 atom stereocenters. The summed E-state index contributed by atoms with van der Waals surface area (Å²) in [4.78, 5) is 44.4. The zero-order valence-electron chi connectivity index (χ0n) is 23.2. The van der Waals surface area contributed by atoms with Gasteiger partial charge in [-0.1, -0.05) is 0 Å². The van der Waals surface area contributed by atoms with Crippen LogP contribution in [-0.2, 0) is 6.42 Å². The molecule has 1 saturated heterocycles. The molecule has 0 saturated carbocycles. The van der Waals surface area contributed by atoms with E-state index in [-0.39, 0.29) is 35.5 Å². The fourth-order valence-corrected chi connectivity index (χ4v) is 6.05. The van der Waals surface area contributed by atoms with E-state index < -0.39 is 5.95 Å². The first-order valence-electron chi connectivity index (χ1n) is 13.9. The fourth-order valence-electron chi connectivity index (χ4n) is 5.52. The summed E-state index contributed by atoms with van der Waals surface area (Å²) in [6, 6.07) is 12.4. The van der Waals surface area contributed by atoms with Gasteiger partial charge in [0.2, 0.25) is 5.95 Å². The molecule has 1 aliphatic heterocycles. The number of thiazole rings is 1. The second-order valence-electron chi connectivity index (χ2n) is 10.5. The smallest absolute Gasteiger partial charge is 0.273 e. The summed E-state index contributed by atoms with van der Waals surface area (Å²) < 4.78 is 31.0. The number of benzene rings is 1. The summed E-state index contributed by atoms with van der Waals surface area (Å²) in [5.74, 6) is -1.42. The predicted molar refractivity (Wildman–Crippen MR) is 158 cm³/mol. The van der Waals surface area contributed by atoms with Crippen molar-refractivity contribution in [1.82, 2.24) is 39.0 Å². The molecule has 1 fully saturated rings. The standard InChI is InChI=1S/C31H24F2N8O2S/c32-21-3-1-19(2-4-21)29-30(40(17-35-29)23-8-11-39(12-9-23)31(43)25-16-44-18-36-25)24-5-6-28-37-22(15-41(28)38-24)14-26(42)20-7-10-34-27(33)13-20/h1-7,10,13,15-18,23H,8-9,11-12,14H2. The zero-order chi connectivity index (χ0) is 30.2. The third-order valence-corrected chi connectivity index (χ3v) is 8.30. The van der Waals surface area contributed by atoms with Crippen molar-refractivity contribution in [2.24, 2.45) is 0 Å². The van der Waals surface area contributed by atoms with Crippen molar-refractivity contribution >= 4 is 28.7 Å². The minimum atomic E-state index is -0.720. The normalized spacial score (nSPS) is 13.9. The van der Waals surface area contributed by atoms with Crippen LogP contribution >= 0.6 is 11.3 Å². The van der Waals surface area contributed by atoms with Crippen molar-refractivity contribution in [2.75, 3.05) is 13.1 Å². The monoisotopic (exact) mass is 610 g/mol. The van der Waals surface area contributed by atoms with Gasteiger partial charge in [0.1, 0.15) is 17.2 Å². The molecule has 0 spiro atoms. The molecule has 220 valence electrons. The van der Waals surface area contributed by atoms with Gasteiger partial charge in [-0.3, -0.25) is 9.59 Å². The van der Waals surface area contributed by atoms with Gasteiger partial charge in [-0.2, -0.15) is 9.49 Å². The lowest BCUT2D eigenvalue weighted by molar-refractivity contribution is 0.0689. The molecule has 0 N–H and O–H groups in total. The van der Waals surface area contributed by atoms with Crippen molar-refractivity contribution in [2.45, 2.75) is 25.3 Å². The zero-order valence-corrected chi connectivity index (χ0v) is 24.0. The predicted octanol–water partition coefficient (Wildman–Crippen LogP) is 5.29. The SMILES string of the molecule is O=C(Cc1cn2nc(-c3c(-c4ccc(F)cc4)ncn3C3CCN(C(=O)c4cscn4)CC3)ccc2n1)c1ccnc(F)c1. The summed E-state index contributed by atoms with van der Waals surface area (Å²) in [6.45, 7) is 1.13. The number of rotatable bonds is 7. The lowest BCUT2D eigenvalue weighted by atomic mass is 10.0. The average molecular weight is 611 g/mol. The Morgan fingerprint density at radius 1 is 0.977 bits per heavy atom. The summed E-state index contributed by atoms with van der Waals surface area (Å²) in [5.41, 5.74) is 6.11. The molecular weight excluding hydrogens is 586 g/mol. The Bertz CT molecular complexity index is 1980. The molecule has 0 aliphatic carbocycles. The third kappa shape index (κ3) is 5.37. The Morgan fingerprint density at radius 2 is 1.80 bits per heavy atom. The number of imidazole rings is 2. The lowest BCUT2D eigenvalue weighted by Crippen LogP contribution is -2.39. The van der Waals surface area contributed by atoms with Crippen molar-refractivity contribution in [3.8, 4) is 22.6 Å². The third-order valence-electron chi connectivity index (χ3n) is 7.71. The van der Waals surface area contributed by atoms with Crippen molar-refractivity contribution in [1.29, 1.82) is 0 Å². The summed E-state index contributed by atoms with van der Waals surface area (Å²) in [5, 5.41) is 6.59. The van der Waals surface area contributed by atoms with Crippen molar-refractivity contribution in [3.05, 3.63) is 107 Å². The van der Waals surface area contributed by atoms with Gasteiger partial charge in [-0.05, 0) is 55.3 Å². The van der Waals surface area contributed by atoms with Crippen LogP contribution < -0.4 is 0 Å². The largest absolute Gasteiger partial charge is 0.337 e. The molecule has 13 heteroatoms. The van der Waals surface area contributed by atoms with Gasteiger partial charge >= 0.3 is 0 Å². The number of ketones is 1. The highest BCUT2D eigenvalue weighted by Crippen LogP contribution is 2.35. The molecule has 1 amide bonds. The van der Waals surface area contributed by atoms with E-state index in [0.29, 0.717) is 54.4 Å². The Balaban J connectivity index is 1.20. The van der Waals surface area contributed by atoms with E-state index in [1.54, 1.807) is 40.1 Å². The number of pyridine rings is 1. The van der Waals surface area contributed by atoms with Gasteiger partial charge in [0.15, 0.2) is 11.4 Å². The van der Waals surface area contributed by atoms with E-state index in [2.05, 4.69) is 19.5 Å². The van der Waals surface area contributed by atoms with E-state index in [1.807, 2.05) is 17.0 Å². The van der Waals surface area contributed by atoms with Gasteiger partial charge < -0.3 is 9.47 Å². The molecule has 6 aromatic rings. The number of hydrogen-bond donors (Lipinski definition) is 0. The summed E-state index contributed by atoms with van der Waals surface area (Å²) in [6.07, 6.45) is 6.08. The average Bonchev–Trinajstić information content (AvgIpc) is 3.81. The minimum Gasteiger partial charge on any atom is -0.337 e. The van der Waals surface area contributed by atoms with E-state index in [1.165, 1.54) is 35.7 Å². The Kier molecular flexibility index (Phi) is 7.22. The number of hydrogen-bond acceptors (Lipinski definition) is 8. The molecule has 7 rings (SSSR count). The minimum absolute atomic E-state index is 0.0287. The second kappa shape index (κ2) is 11.5. The summed E-state index contributed by atoms with van der Waals surface area (Å²) >= 11 is 1.39. The van der Waals surface area contributed by atoms with Crippen LogP contribution in [0.2, 0.25) is 0 Å². The van der Waals surface area contributed by atoms with Crippen LogP contribution in [0.5, 0.6) is 0 Å². The second-order valence-corrected chi connectivity index (χ2v) is 11.2. The first-order valence-corrected chi connectivity index (χ1v) is 14.9. The number of fused-ring (bicyclic) bond motifs is 1. The van der Waals surface area contributed by atoms with E-state index in [0.717, 1.165) is 17.3 Å². The van der Waals surface area contributed by atoms with Crippen LogP contribution in [0.3, 0.4) is 0 Å². The van der Waals surface area contributed by atoms with Crippen molar-refractivity contribution < 1.29 is 18.4 Å². The summed E-state index contributed by atoms with van der Waals surface area (Å²) in [7, 11) is 0. The topological polar surface area (TPSA) is 111 Å². The van der Waals surface area contributed by atoms with Gasteiger partial charge in [0.05, 0.1) is 41.5 Å². The maximum atomic E-state index is 13.8. The van der Waals surface area contributed by atoms with Crippen LogP contribution in [0, 0.1) is 11.8 Å². The lowest BCUT2D eigenvalue weighted by Gasteiger charge is -2.33. The Hall–Kier alpha value is -5.17. The first kappa shape index (κ1) is 27.7. The Morgan fingerprint density at radius 3 is 2.55 bits per heavy atom. The maximum Gasteiger partial charge on any atom is 0.273 e. The number of nitrogens with zero attached hydrogens (tertiary/aromatic N) is 8. The van der Waals surface area contributed by atoms with Crippen LogP contribution in [0.1, 0.15) is 45.4 Å². The van der Waals surface area contributed by atoms with Crippen LogP contribution in [0.25, 0.3) is 28.3 Å². The van der Waals surface area contributed by atoms with Crippen molar-refractivity contribution in [3.63, 3.8) is 0 Å². The molecule has 1 aliphatic rings. The van der Waals surface area contributed by atoms with Gasteiger partial charge in [0, 0.05) is 47.9 Å². The molecule has 0 unspecified atom stereocenters. The molecule has 0 bridgehead atoms. The first-order chi connectivity index (χ1) is 21.4. The molecule has 1 aromatic carbocycles. The number of likely N-dealkylation sites (tertiary alicyclic amines) is 1. The number of piperidine rings is 1. The van der Waals surface area contributed by atoms with Gasteiger partial charge in [0.25, 0.3) is 5.91 Å². The highest BCUT2D eigenvalue weighted by molar-refractivity contribution is 7.07. The van der Waals surface area contributed by atoms with E-state index in [4.69, 9.17) is 10.1 Å². The fraction of sp³-hybridized carbons (Fsp3) is 0.194. The number of carbonyl (C=O) groups is 2. The highest BCUT2D eigenvalue weighted by Gasteiger charge is 2.29.